The molecule has 0 aliphatic heterocycles. The lowest BCUT2D eigenvalue weighted by molar-refractivity contribution is -0.136. The summed E-state index contributed by atoms with van der Waals surface area (Å²) in [5, 5.41) is 17.6. The summed E-state index contributed by atoms with van der Waals surface area (Å²) in [6.45, 7) is 0. The van der Waals surface area contributed by atoms with E-state index in [-0.39, 0.29) is 22.2 Å². The van der Waals surface area contributed by atoms with Crippen LogP contribution in [0.15, 0.2) is 6.07 Å². The number of nitriles is 1. The minimum atomic E-state index is -2.80. The second-order valence-corrected chi connectivity index (χ2v) is 3.71. The zero-order valence-electron chi connectivity index (χ0n) is 8.45. The summed E-state index contributed by atoms with van der Waals surface area (Å²) in [5.74, 6) is -1.19. The number of rotatable bonds is 4. The Bertz CT molecular complexity index is 486. The van der Waals surface area contributed by atoms with Gasteiger partial charge in [0.15, 0.2) is 0 Å². The molecule has 0 spiro atoms. The van der Waals surface area contributed by atoms with Crippen LogP contribution in [0.5, 0.6) is 0 Å². The van der Waals surface area contributed by atoms with Crippen LogP contribution in [0.25, 0.3) is 0 Å². The highest BCUT2D eigenvalue weighted by Crippen LogP contribution is 2.23. The van der Waals surface area contributed by atoms with Crippen molar-refractivity contribution in [1.29, 1.82) is 5.26 Å². The van der Waals surface area contributed by atoms with Gasteiger partial charge in [0.25, 0.3) is 6.43 Å². The summed E-state index contributed by atoms with van der Waals surface area (Å²) in [5.41, 5.74) is -0.301. The minimum absolute atomic E-state index is 0.0358. The van der Waals surface area contributed by atoms with Gasteiger partial charge in [0.05, 0.1) is 17.7 Å². The lowest BCUT2D eigenvalue weighted by Crippen LogP contribution is -2.08. The molecule has 1 rings (SSSR count). The van der Waals surface area contributed by atoms with E-state index in [0.29, 0.717) is 0 Å². The van der Waals surface area contributed by atoms with Gasteiger partial charge in [-0.05, 0) is 11.6 Å². The van der Waals surface area contributed by atoms with Gasteiger partial charge >= 0.3 is 5.97 Å². The van der Waals surface area contributed by atoms with Crippen molar-refractivity contribution in [1.82, 2.24) is 4.98 Å². The third kappa shape index (κ3) is 3.20. The average Bonchev–Trinajstić information content (AvgIpc) is 2.26. The van der Waals surface area contributed by atoms with Crippen molar-refractivity contribution >= 4 is 21.9 Å². The normalized spacial score (nSPS) is 10.3. The van der Waals surface area contributed by atoms with Crippen LogP contribution in [0.1, 0.15) is 28.9 Å². The van der Waals surface area contributed by atoms with Crippen LogP contribution in [-0.4, -0.2) is 16.1 Å². The topological polar surface area (TPSA) is 74.0 Å². The fourth-order valence-electron chi connectivity index (χ4n) is 1.33. The molecule has 0 saturated carbocycles. The van der Waals surface area contributed by atoms with E-state index in [1.165, 1.54) is 0 Å². The van der Waals surface area contributed by atoms with Gasteiger partial charge in [0, 0.05) is 5.33 Å². The van der Waals surface area contributed by atoms with E-state index in [1.807, 2.05) is 0 Å². The standard InChI is InChI=1S/C10H7BrF2N2O2/c11-3-8-6(4-14)5(2-9(16)17)1-7(15-8)10(12)13/h1,10H,2-3H2,(H,16,17). The second kappa shape index (κ2) is 5.68. The molecule has 7 heteroatoms. The molecule has 1 heterocycles. The number of aliphatic carboxylic acids is 1. The van der Waals surface area contributed by atoms with Crippen LogP contribution >= 0.6 is 15.9 Å². The smallest absolute Gasteiger partial charge is 0.307 e. The van der Waals surface area contributed by atoms with Crippen molar-refractivity contribution < 1.29 is 18.7 Å². The van der Waals surface area contributed by atoms with Crippen LogP contribution in [0.3, 0.4) is 0 Å². The maximum absolute atomic E-state index is 12.5. The van der Waals surface area contributed by atoms with Crippen LogP contribution < -0.4 is 0 Å². The van der Waals surface area contributed by atoms with E-state index in [2.05, 4.69) is 20.9 Å². The van der Waals surface area contributed by atoms with Crippen LogP contribution in [-0.2, 0) is 16.5 Å². The maximum Gasteiger partial charge on any atom is 0.307 e. The van der Waals surface area contributed by atoms with Gasteiger partial charge in [0.1, 0.15) is 11.8 Å². The number of halogens is 3. The number of hydrogen-bond acceptors (Lipinski definition) is 3. The predicted molar refractivity (Wildman–Crippen MR) is 57.9 cm³/mol. The van der Waals surface area contributed by atoms with Gasteiger partial charge in [-0.3, -0.25) is 4.79 Å². The fourth-order valence-corrected chi connectivity index (χ4v) is 1.73. The highest BCUT2D eigenvalue weighted by Gasteiger charge is 2.18. The summed E-state index contributed by atoms with van der Waals surface area (Å²) >= 11 is 3.03. The van der Waals surface area contributed by atoms with Gasteiger partial charge in [-0.2, -0.15) is 5.26 Å². The van der Waals surface area contributed by atoms with Gasteiger partial charge in [-0.1, -0.05) is 15.9 Å². The lowest BCUT2D eigenvalue weighted by Gasteiger charge is -2.08. The molecule has 0 unspecified atom stereocenters. The Morgan fingerprint density at radius 2 is 2.29 bits per heavy atom. The van der Waals surface area contributed by atoms with E-state index < -0.39 is 24.5 Å². The molecule has 0 atom stereocenters. The molecule has 0 aliphatic carbocycles. The molecule has 4 nitrogen and oxygen atoms in total. The van der Waals surface area contributed by atoms with Crippen molar-refractivity contribution in [3.05, 3.63) is 28.6 Å². The number of pyridine rings is 1. The first kappa shape index (κ1) is 13.5. The molecule has 0 aliphatic rings. The SMILES string of the molecule is N#Cc1c(CC(=O)O)cc(C(F)F)nc1CBr. The summed E-state index contributed by atoms with van der Waals surface area (Å²) in [6.07, 6.45) is -3.28. The summed E-state index contributed by atoms with van der Waals surface area (Å²) < 4.78 is 25.1. The van der Waals surface area contributed by atoms with E-state index >= 15 is 0 Å². The summed E-state index contributed by atoms with van der Waals surface area (Å²) in [6, 6.07) is 2.75. The average molecular weight is 305 g/mol. The highest BCUT2D eigenvalue weighted by molar-refractivity contribution is 9.08. The number of alkyl halides is 3. The zero-order chi connectivity index (χ0) is 13.0. The molecular formula is C10H7BrF2N2O2. The van der Waals surface area contributed by atoms with Crippen LogP contribution in [0, 0.1) is 11.3 Å². The molecule has 0 aromatic carbocycles. The predicted octanol–water partition coefficient (Wildman–Crippen LogP) is 2.41. The molecule has 0 fully saturated rings. The maximum atomic E-state index is 12.5. The molecule has 0 radical (unpaired) electrons. The fraction of sp³-hybridized carbons (Fsp3) is 0.300. The van der Waals surface area contributed by atoms with Crippen molar-refractivity contribution in [2.75, 3.05) is 0 Å². The molecule has 90 valence electrons. The first-order chi connectivity index (χ1) is 7.99. The Kier molecular flexibility index (Phi) is 4.52. The highest BCUT2D eigenvalue weighted by atomic mass is 79.9. The molecule has 1 aromatic rings. The zero-order valence-corrected chi connectivity index (χ0v) is 10.0. The Morgan fingerprint density at radius 1 is 1.65 bits per heavy atom. The monoisotopic (exact) mass is 304 g/mol. The lowest BCUT2D eigenvalue weighted by atomic mass is 10.0. The molecule has 0 amide bonds. The molecule has 0 saturated heterocycles. The van der Waals surface area contributed by atoms with Gasteiger partial charge in [0.2, 0.25) is 0 Å². The number of carboxylic acids is 1. The number of nitrogens with zero attached hydrogens (tertiary/aromatic N) is 2. The second-order valence-electron chi connectivity index (χ2n) is 3.14. The Balaban J connectivity index is 3.38. The number of carboxylic acid groups (broad SMARTS) is 1. The first-order valence-electron chi connectivity index (χ1n) is 4.48. The summed E-state index contributed by atoms with van der Waals surface area (Å²) in [7, 11) is 0. The molecule has 17 heavy (non-hydrogen) atoms. The Hall–Kier alpha value is -1.55. The molecule has 1 aromatic heterocycles. The van der Waals surface area contributed by atoms with Gasteiger partial charge < -0.3 is 5.11 Å². The Labute approximate surface area is 104 Å². The molecular weight excluding hydrogens is 298 g/mol. The largest absolute Gasteiger partial charge is 0.481 e. The van der Waals surface area contributed by atoms with Crippen molar-refractivity contribution in [3.63, 3.8) is 0 Å². The van der Waals surface area contributed by atoms with Crippen LogP contribution in [0.2, 0.25) is 0 Å². The number of aromatic nitrogens is 1. The minimum Gasteiger partial charge on any atom is -0.481 e. The third-order valence-corrected chi connectivity index (χ3v) is 2.53. The van der Waals surface area contributed by atoms with E-state index in [1.54, 1.807) is 6.07 Å². The Morgan fingerprint density at radius 3 is 2.71 bits per heavy atom. The number of hydrogen-bond donors (Lipinski definition) is 1. The first-order valence-corrected chi connectivity index (χ1v) is 5.60. The molecule has 0 bridgehead atoms. The van der Waals surface area contributed by atoms with Crippen molar-refractivity contribution in [2.24, 2.45) is 0 Å². The van der Waals surface area contributed by atoms with Crippen molar-refractivity contribution in [3.8, 4) is 6.07 Å². The molecule has 1 N–H and O–H groups in total. The van der Waals surface area contributed by atoms with Crippen LogP contribution in [0.4, 0.5) is 8.78 Å². The van der Waals surface area contributed by atoms with E-state index in [0.717, 1.165) is 6.07 Å². The third-order valence-electron chi connectivity index (χ3n) is 2.00. The summed E-state index contributed by atoms with van der Waals surface area (Å²) in [4.78, 5) is 14.2. The van der Waals surface area contributed by atoms with E-state index in [9.17, 15) is 13.6 Å². The van der Waals surface area contributed by atoms with E-state index in [4.69, 9.17) is 10.4 Å². The number of carbonyl (C=O) groups is 1. The van der Waals surface area contributed by atoms with Gasteiger partial charge in [-0.15, -0.1) is 0 Å². The van der Waals surface area contributed by atoms with Gasteiger partial charge in [-0.25, -0.2) is 13.8 Å². The quantitative estimate of drug-likeness (QED) is 0.867. The van der Waals surface area contributed by atoms with Crippen molar-refractivity contribution in [2.45, 2.75) is 18.2 Å².